The van der Waals surface area contributed by atoms with Crippen LogP contribution in [0.3, 0.4) is 0 Å². The molecule has 0 spiro atoms. The van der Waals surface area contributed by atoms with Gasteiger partial charge in [-0.25, -0.2) is 0 Å². The Labute approximate surface area is 141 Å². The van der Waals surface area contributed by atoms with Gasteiger partial charge in [0.15, 0.2) is 0 Å². The molecule has 0 aliphatic carbocycles. The molecule has 0 aromatic heterocycles. The van der Waals surface area contributed by atoms with Crippen molar-refractivity contribution in [3.8, 4) is 0 Å². The highest BCUT2D eigenvalue weighted by Crippen LogP contribution is 2.32. The van der Waals surface area contributed by atoms with E-state index in [4.69, 9.17) is 11.6 Å². The first-order chi connectivity index (χ1) is 9.40. The van der Waals surface area contributed by atoms with Gasteiger partial charge in [-0.15, -0.1) is 0 Å². The van der Waals surface area contributed by atoms with Gasteiger partial charge in [-0.1, -0.05) is 39.3 Å². The standard InChI is InChI=1S/C16H24ClIN2/c1-10(2)14-9-20(16(8-19-14)11(3)4)15-6-5-12(18)7-13(15)17/h5-7,10-11,14,16,19H,8-9H2,1-4H3. The highest BCUT2D eigenvalue weighted by molar-refractivity contribution is 14.1. The zero-order valence-electron chi connectivity index (χ0n) is 12.7. The number of hydrogen-bond donors (Lipinski definition) is 1. The fourth-order valence-corrected chi connectivity index (χ4v) is 3.79. The predicted octanol–water partition coefficient (Wildman–Crippen LogP) is 4.40. The molecule has 1 aliphatic rings. The van der Waals surface area contributed by atoms with Crippen LogP contribution in [0.15, 0.2) is 18.2 Å². The number of halogens is 2. The molecule has 2 rings (SSSR count). The van der Waals surface area contributed by atoms with Crippen molar-refractivity contribution >= 4 is 39.9 Å². The highest BCUT2D eigenvalue weighted by Gasteiger charge is 2.32. The van der Waals surface area contributed by atoms with Gasteiger partial charge in [0.25, 0.3) is 0 Å². The van der Waals surface area contributed by atoms with Crippen molar-refractivity contribution in [3.63, 3.8) is 0 Å². The molecular formula is C16H24ClIN2. The summed E-state index contributed by atoms with van der Waals surface area (Å²) < 4.78 is 1.19. The van der Waals surface area contributed by atoms with Gasteiger partial charge in [-0.05, 0) is 52.6 Å². The molecule has 2 atom stereocenters. The Bertz CT molecular complexity index is 462. The molecule has 1 aromatic rings. The minimum Gasteiger partial charge on any atom is -0.364 e. The van der Waals surface area contributed by atoms with Crippen molar-refractivity contribution in [1.29, 1.82) is 0 Å². The van der Waals surface area contributed by atoms with E-state index in [1.54, 1.807) is 0 Å². The first kappa shape index (κ1) is 16.4. The summed E-state index contributed by atoms with van der Waals surface area (Å²) in [7, 11) is 0. The summed E-state index contributed by atoms with van der Waals surface area (Å²) in [4.78, 5) is 2.50. The van der Waals surface area contributed by atoms with Crippen molar-refractivity contribution < 1.29 is 0 Å². The van der Waals surface area contributed by atoms with Crippen LogP contribution in [0.1, 0.15) is 27.7 Å². The van der Waals surface area contributed by atoms with Crippen LogP contribution in [0, 0.1) is 15.4 Å². The molecule has 1 saturated heterocycles. The second-order valence-electron chi connectivity index (χ2n) is 6.32. The van der Waals surface area contributed by atoms with Gasteiger partial charge < -0.3 is 10.2 Å². The van der Waals surface area contributed by atoms with Crippen LogP contribution < -0.4 is 10.2 Å². The first-order valence-corrected chi connectivity index (χ1v) is 8.81. The van der Waals surface area contributed by atoms with Crippen LogP contribution in [-0.2, 0) is 0 Å². The van der Waals surface area contributed by atoms with Gasteiger partial charge in [-0.3, -0.25) is 0 Å². The van der Waals surface area contributed by atoms with Gasteiger partial charge in [-0.2, -0.15) is 0 Å². The van der Waals surface area contributed by atoms with Crippen molar-refractivity contribution in [2.24, 2.45) is 11.8 Å². The van der Waals surface area contributed by atoms with Crippen LogP contribution in [0.5, 0.6) is 0 Å². The lowest BCUT2D eigenvalue weighted by atomic mass is 9.93. The summed E-state index contributed by atoms with van der Waals surface area (Å²) in [6, 6.07) is 7.40. The average Bonchev–Trinajstić information content (AvgIpc) is 2.37. The normalized spacial score (nSPS) is 23.7. The zero-order valence-corrected chi connectivity index (χ0v) is 15.6. The largest absolute Gasteiger partial charge is 0.364 e. The number of nitrogens with one attached hydrogen (secondary N) is 1. The van der Waals surface area contributed by atoms with Gasteiger partial charge in [0, 0.05) is 28.7 Å². The molecule has 20 heavy (non-hydrogen) atoms. The number of nitrogens with zero attached hydrogens (tertiary/aromatic N) is 1. The van der Waals surface area contributed by atoms with Crippen molar-refractivity contribution in [2.75, 3.05) is 18.0 Å². The molecule has 2 nitrogen and oxygen atoms in total. The molecule has 0 radical (unpaired) electrons. The Hall–Kier alpha value is -0.000000000000000132. The van der Waals surface area contributed by atoms with E-state index in [2.05, 4.69) is 78.7 Å². The number of hydrogen-bond acceptors (Lipinski definition) is 2. The highest BCUT2D eigenvalue weighted by atomic mass is 127. The van der Waals surface area contributed by atoms with Gasteiger partial charge in [0.2, 0.25) is 0 Å². The number of rotatable bonds is 3. The Morgan fingerprint density at radius 1 is 1.25 bits per heavy atom. The van der Waals surface area contributed by atoms with Crippen LogP contribution in [-0.4, -0.2) is 25.2 Å². The fraction of sp³-hybridized carbons (Fsp3) is 0.625. The predicted molar refractivity (Wildman–Crippen MR) is 96.8 cm³/mol. The van der Waals surface area contributed by atoms with E-state index in [0.717, 1.165) is 18.1 Å². The molecule has 0 amide bonds. The molecule has 112 valence electrons. The van der Waals surface area contributed by atoms with Gasteiger partial charge in [0.1, 0.15) is 0 Å². The Morgan fingerprint density at radius 3 is 2.50 bits per heavy atom. The van der Waals surface area contributed by atoms with E-state index < -0.39 is 0 Å². The summed E-state index contributed by atoms with van der Waals surface area (Å²) in [6.45, 7) is 11.2. The van der Waals surface area contributed by atoms with Crippen LogP contribution in [0.25, 0.3) is 0 Å². The molecule has 4 heteroatoms. The number of piperazine rings is 1. The third kappa shape index (κ3) is 3.60. The maximum Gasteiger partial charge on any atom is 0.0650 e. The van der Waals surface area contributed by atoms with E-state index in [9.17, 15) is 0 Å². The quantitative estimate of drug-likeness (QED) is 0.748. The average molecular weight is 407 g/mol. The molecule has 1 N–H and O–H groups in total. The van der Waals surface area contributed by atoms with Crippen molar-refractivity contribution in [2.45, 2.75) is 39.8 Å². The van der Waals surface area contributed by atoms with E-state index in [0.29, 0.717) is 23.9 Å². The van der Waals surface area contributed by atoms with Crippen molar-refractivity contribution in [3.05, 3.63) is 26.8 Å². The third-order valence-electron chi connectivity index (χ3n) is 4.18. The number of anilines is 1. The molecule has 1 aromatic carbocycles. The van der Waals surface area contributed by atoms with E-state index in [-0.39, 0.29) is 0 Å². The maximum atomic E-state index is 6.49. The minimum atomic E-state index is 0.502. The van der Waals surface area contributed by atoms with Crippen molar-refractivity contribution in [1.82, 2.24) is 5.32 Å². The molecule has 2 unspecified atom stereocenters. The molecular weight excluding hydrogens is 383 g/mol. The lowest BCUT2D eigenvalue weighted by Crippen LogP contribution is -2.60. The lowest BCUT2D eigenvalue weighted by Gasteiger charge is -2.45. The maximum absolute atomic E-state index is 6.49. The SMILES string of the molecule is CC(C)C1CN(c2ccc(I)cc2Cl)C(C(C)C)CN1. The summed E-state index contributed by atoms with van der Waals surface area (Å²) >= 11 is 8.80. The second kappa shape index (κ2) is 6.84. The Balaban J connectivity index is 2.31. The van der Waals surface area contributed by atoms with Crippen LogP contribution >= 0.6 is 34.2 Å². The summed E-state index contributed by atoms with van der Waals surface area (Å²) in [5.74, 6) is 1.24. The van der Waals surface area contributed by atoms with Crippen LogP contribution in [0.4, 0.5) is 5.69 Å². The smallest absolute Gasteiger partial charge is 0.0650 e. The van der Waals surface area contributed by atoms with E-state index in [1.807, 2.05) is 0 Å². The summed E-state index contributed by atoms with van der Waals surface area (Å²) in [6.07, 6.45) is 0. The monoisotopic (exact) mass is 406 g/mol. The fourth-order valence-electron chi connectivity index (χ4n) is 2.83. The van der Waals surface area contributed by atoms with Gasteiger partial charge >= 0.3 is 0 Å². The van der Waals surface area contributed by atoms with Gasteiger partial charge in [0.05, 0.1) is 10.7 Å². The zero-order chi connectivity index (χ0) is 14.9. The summed E-state index contributed by atoms with van der Waals surface area (Å²) in [5, 5.41) is 4.56. The lowest BCUT2D eigenvalue weighted by molar-refractivity contribution is 0.295. The number of benzene rings is 1. The summed E-state index contributed by atoms with van der Waals surface area (Å²) in [5.41, 5.74) is 1.18. The molecule has 0 bridgehead atoms. The van der Waals surface area contributed by atoms with Crippen LogP contribution in [0.2, 0.25) is 5.02 Å². The van der Waals surface area contributed by atoms with E-state index in [1.165, 1.54) is 9.26 Å². The molecule has 0 saturated carbocycles. The topological polar surface area (TPSA) is 15.3 Å². The second-order valence-corrected chi connectivity index (χ2v) is 7.97. The minimum absolute atomic E-state index is 0.502. The Morgan fingerprint density at radius 2 is 1.95 bits per heavy atom. The molecule has 1 fully saturated rings. The Kier molecular flexibility index (Phi) is 5.60. The molecule has 1 aliphatic heterocycles. The third-order valence-corrected chi connectivity index (χ3v) is 5.15. The first-order valence-electron chi connectivity index (χ1n) is 7.35. The van der Waals surface area contributed by atoms with E-state index >= 15 is 0 Å². The molecule has 1 heterocycles.